The molecule has 0 spiro atoms. The van der Waals surface area contributed by atoms with Gasteiger partial charge in [-0.1, -0.05) is 31.9 Å². The zero-order valence-electron chi connectivity index (χ0n) is 11.5. The number of unbranched alkanes of at least 4 members (excludes halogenated alkanes) is 2. The highest BCUT2D eigenvalue weighted by molar-refractivity contribution is 5.90. The molecule has 0 aromatic heterocycles. The predicted molar refractivity (Wildman–Crippen MR) is 78.7 cm³/mol. The van der Waals surface area contributed by atoms with Crippen LogP contribution in [-0.4, -0.2) is 21.1 Å². The highest BCUT2D eigenvalue weighted by Gasteiger charge is 2.00. The van der Waals surface area contributed by atoms with Crippen LogP contribution in [0.2, 0.25) is 0 Å². The van der Waals surface area contributed by atoms with Crippen molar-refractivity contribution in [2.75, 3.05) is 0 Å². The smallest absolute Gasteiger partial charge is 0.159 e. The van der Waals surface area contributed by atoms with Crippen LogP contribution in [0.5, 0.6) is 11.5 Å². The number of carbonyl (C=O) groups excluding carboxylic acids is 1. The Kier molecular flexibility index (Phi) is 6.37. The summed E-state index contributed by atoms with van der Waals surface area (Å²) in [6.07, 6.45) is 7.44. The number of hydrogen-bond acceptors (Lipinski definition) is 4. The van der Waals surface area contributed by atoms with Gasteiger partial charge in [-0.15, -0.1) is 0 Å². The first-order valence-corrected chi connectivity index (χ1v) is 6.66. The normalized spacial score (nSPS) is 11.9. The molecule has 0 aliphatic carbocycles. The van der Waals surface area contributed by atoms with E-state index in [-0.39, 0.29) is 23.0 Å². The van der Waals surface area contributed by atoms with Crippen molar-refractivity contribution >= 4 is 11.9 Å². The molecule has 0 radical (unpaired) electrons. The average Bonchev–Trinajstić information content (AvgIpc) is 2.40. The van der Waals surface area contributed by atoms with Gasteiger partial charge in [-0.3, -0.25) is 4.79 Å². The van der Waals surface area contributed by atoms with E-state index in [0.29, 0.717) is 12.0 Å². The molecule has 0 bridgehead atoms. The summed E-state index contributed by atoms with van der Waals surface area (Å²) in [7, 11) is 0. The minimum absolute atomic E-state index is 0.103. The molecule has 0 saturated heterocycles. The first-order chi connectivity index (χ1) is 9.52. The number of phenolic OH excluding ortho intramolecular Hbond substituents is 2. The number of benzene rings is 1. The van der Waals surface area contributed by atoms with Crippen molar-refractivity contribution < 1.29 is 20.1 Å². The second-order valence-electron chi connectivity index (χ2n) is 4.57. The van der Waals surface area contributed by atoms with Gasteiger partial charge in [0.05, 0.1) is 0 Å². The molecule has 0 saturated carbocycles. The average molecular weight is 276 g/mol. The summed E-state index contributed by atoms with van der Waals surface area (Å²) in [5.41, 5.74) is 0.610. The summed E-state index contributed by atoms with van der Waals surface area (Å²) in [5, 5.41) is 28.1. The van der Waals surface area contributed by atoms with Crippen LogP contribution in [0.15, 0.2) is 36.1 Å². The zero-order chi connectivity index (χ0) is 15.0. The number of aliphatic hydroxyl groups is 1. The number of aromatic hydroxyl groups is 2. The van der Waals surface area contributed by atoms with E-state index < -0.39 is 0 Å². The van der Waals surface area contributed by atoms with Crippen LogP contribution in [0.3, 0.4) is 0 Å². The number of ketones is 1. The molecule has 4 nitrogen and oxygen atoms in total. The number of aliphatic hydroxyl groups excluding tert-OH is 1. The van der Waals surface area contributed by atoms with Gasteiger partial charge in [0.25, 0.3) is 0 Å². The third-order valence-electron chi connectivity index (χ3n) is 2.78. The van der Waals surface area contributed by atoms with E-state index in [9.17, 15) is 15.0 Å². The highest BCUT2D eigenvalue weighted by Crippen LogP contribution is 2.25. The van der Waals surface area contributed by atoms with Crippen molar-refractivity contribution in [2.45, 2.75) is 32.6 Å². The summed E-state index contributed by atoms with van der Waals surface area (Å²) in [6.45, 7) is 2.06. The Hall–Kier alpha value is -2.23. The molecule has 0 amide bonds. The van der Waals surface area contributed by atoms with Crippen LogP contribution < -0.4 is 0 Å². The van der Waals surface area contributed by atoms with E-state index in [1.165, 1.54) is 24.3 Å². The Bertz CT molecular complexity index is 515. The zero-order valence-corrected chi connectivity index (χ0v) is 11.5. The van der Waals surface area contributed by atoms with Crippen LogP contribution in [0.4, 0.5) is 0 Å². The SMILES string of the molecule is CCCCCC(=O)/C=C(O)/C=C/c1ccc(O)c(O)c1. The highest BCUT2D eigenvalue weighted by atomic mass is 16.3. The van der Waals surface area contributed by atoms with Gasteiger partial charge in [0.2, 0.25) is 0 Å². The Morgan fingerprint density at radius 1 is 1.20 bits per heavy atom. The van der Waals surface area contributed by atoms with Crippen LogP contribution in [0.1, 0.15) is 38.2 Å². The summed E-state index contributed by atoms with van der Waals surface area (Å²) < 4.78 is 0. The number of carbonyl (C=O) groups is 1. The van der Waals surface area contributed by atoms with E-state index in [4.69, 9.17) is 5.11 Å². The Morgan fingerprint density at radius 2 is 1.95 bits per heavy atom. The first-order valence-electron chi connectivity index (χ1n) is 6.66. The lowest BCUT2D eigenvalue weighted by atomic mass is 10.1. The monoisotopic (exact) mass is 276 g/mol. The lowest BCUT2D eigenvalue weighted by Gasteiger charge is -1.98. The van der Waals surface area contributed by atoms with Gasteiger partial charge in [0.15, 0.2) is 17.3 Å². The van der Waals surface area contributed by atoms with Crippen molar-refractivity contribution in [3.8, 4) is 11.5 Å². The Morgan fingerprint density at radius 3 is 2.60 bits per heavy atom. The fourth-order valence-electron chi connectivity index (χ4n) is 1.66. The van der Waals surface area contributed by atoms with E-state index in [0.717, 1.165) is 19.3 Å². The molecule has 0 heterocycles. The Labute approximate surface area is 118 Å². The molecule has 0 fully saturated rings. The molecular formula is C16H20O4. The van der Waals surface area contributed by atoms with Gasteiger partial charge < -0.3 is 15.3 Å². The quantitative estimate of drug-likeness (QED) is 0.233. The van der Waals surface area contributed by atoms with Crippen LogP contribution >= 0.6 is 0 Å². The molecule has 1 rings (SSSR count). The van der Waals surface area contributed by atoms with Crippen molar-refractivity contribution in [3.05, 3.63) is 41.7 Å². The number of hydrogen-bond donors (Lipinski definition) is 3. The van der Waals surface area contributed by atoms with Crippen molar-refractivity contribution in [3.63, 3.8) is 0 Å². The molecule has 0 aliphatic rings. The molecule has 1 aromatic rings. The topological polar surface area (TPSA) is 77.8 Å². The third-order valence-corrected chi connectivity index (χ3v) is 2.78. The van der Waals surface area contributed by atoms with Gasteiger partial charge in [-0.25, -0.2) is 0 Å². The standard InChI is InChI=1S/C16H20O4/c1-2-3-4-5-13(17)11-14(18)8-6-12-7-9-15(19)16(20)10-12/h6-11,18-20H,2-5H2,1H3/b8-6+,14-11-. The number of rotatable bonds is 7. The summed E-state index contributed by atoms with van der Waals surface area (Å²) in [5.74, 6) is -0.660. The maximum atomic E-state index is 11.5. The van der Waals surface area contributed by atoms with E-state index in [1.54, 1.807) is 12.1 Å². The molecule has 3 N–H and O–H groups in total. The minimum atomic E-state index is -0.230. The van der Waals surface area contributed by atoms with Crippen LogP contribution in [0.25, 0.3) is 6.08 Å². The van der Waals surface area contributed by atoms with E-state index in [2.05, 4.69) is 6.92 Å². The van der Waals surface area contributed by atoms with Gasteiger partial charge in [-0.2, -0.15) is 0 Å². The predicted octanol–water partition coefficient (Wildman–Crippen LogP) is 3.70. The molecular weight excluding hydrogens is 256 g/mol. The van der Waals surface area contributed by atoms with Gasteiger partial charge in [-0.05, 0) is 30.2 Å². The molecule has 1 aromatic carbocycles. The second-order valence-corrected chi connectivity index (χ2v) is 4.57. The van der Waals surface area contributed by atoms with Crippen LogP contribution in [-0.2, 0) is 4.79 Å². The summed E-state index contributed by atoms with van der Waals surface area (Å²) in [6, 6.07) is 4.30. The molecule has 0 atom stereocenters. The van der Waals surface area contributed by atoms with Crippen molar-refractivity contribution in [1.82, 2.24) is 0 Å². The molecule has 4 heteroatoms. The van der Waals surface area contributed by atoms with E-state index >= 15 is 0 Å². The lowest BCUT2D eigenvalue weighted by Crippen LogP contribution is -1.94. The largest absolute Gasteiger partial charge is 0.508 e. The second kappa shape index (κ2) is 8.04. The molecule has 0 unspecified atom stereocenters. The first kappa shape index (κ1) is 15.8. The maximum absolute atomic E-state index is 11.5. The summed E-state index contributed by atoms with van der Waals surface area (Å²) >= 11 is 0. The van der Waals surface area contributed by atoms with Gasteiger partial charge in [0.1, 0.15) is 5.76 Å². The number of phenols is 2. The van der Waals surface area contributed by atoms with E-state index in [1.807, 2.05) is 0 Å². The maximum Gasteiger partial charge on any atom is 0.159 e. The van der Waals surface area contributed by atoms with Crippen molar-refractivity contribution in [2.24, 2.45) is 0 Å². The minimum Gasteiger partial charge on any atom is -0.508 e. The van der Waals surface area contributed by atoms with Gasteiger partial charge in [0, 0.05) is 12.5 Å². The fourth-order valence-corrected chi connectivity index (χ4v) is 1.66. The molecule has 108 valence electrons. The molecule has 20 heavy (non-hydrogen) atoms. The van der Waals surface area contributed by atoms with Crippen LogP contribution in [0, 0.1) is 0 Å². The Balaban J connectivity index is 2.59. The fraction of sp³-hybridized carbons (Fsp3) is 0.312. The number of allylic oxidation sites excluding steroid dienone is 2. The summed E-state index contributed by atoms with van der Waals surface area (Å²) in [4.78, 5) is 11.5. The molecule has 0 aliphatic heterocycles. The van der Waals surface area contributed by atoms with Crippen molar-refractivity contribution in [1.29, 1.82) is 0 Å². The van der Waals surface area contributed by atoms with Gasteiger partial charge >= 0.3 is 0 Å². The lowest BCUT2D eigenvalue weighted by molar-refractivity contribution is -0.114. The third kappa shape index (κ3) is 5.61.